The van der Waals surface area contributed by atoms with Crippen molar-refractivity contribution in [1.82, 2.24) is 9.88 Å². The molecule has 2 heterocycles. The van der Waals surface area contributed by atoms with E-state index in [1.54, 1.807) is 0 Å². The zero-order valence-corrected chi connectivity index (χ0v) is 10.9. The van der Waals surface area contributed by atoms with Gasteiger partial charge in [-0.3, -0.25) is 4.79 Å². The number of fused-ring (bicyclic) bond motifs is 3. The van der Waals surface area contributed by atoms with Gasteiger partial charge in [0, 0.05) is 15.9 Å². The standard InChI is InChI=1S/C13H11BrN2O/c1-8-2-4-10-7-15-13(17)11-6-9(14)3-5-12(11)16(8)10/h2-6H,7H2,1H3,(H,15,17). The van der Waals surface area contributed by atoms with E-state index in [0.29, 0.717) is 12.1 Å². The minimum absolute atomic E-state index is 0.0237. The molecule has 3 nitrogen and oxygen atoms in total. The molecule has 0 fully saturated rings. The summed E-state index contributed by atoms with van der Waals surface area (Å²) < 4.78 is 3.04. The van der Waals surface area contributed by atoms with Crippen LogP contribution in [0.25, 0.3) is 5.69 Å². The normalized spacial score (nSPS) is 13.6. The molecular weight excluding hydrogens is 280 g/mol. The molecule has 0 radical (unpaired) electrons. The van der Waals surface area contributed by atoms with Crippen molar-refractivity contribution in [1.29, 1.82) is 0 Å². The first-order valence-corrected chi connectivity index (χ1v) is 6.21. The third-order valence-corrected chi connectivity index (χ3v) is 3.52. The Kier molecular flexibility index (Phi) is 2.33. The second-order valence-electron chi connectivity index (χ2n) is 4.15. The predicted molar refractivity (Wildman–Crippen MR) is 69.4 cm³/mol. The van der Waals surface area contributed by atoms with Crippen molar-refractivity contribution in [3.05, 3.63) is 51.8 Å². The molecule has 17 heavy (non-hydrogen) atoms. The molecule has 4 heteroatoms. The van der Waals surface area contributed by atoms with Crippen LogP contribution in [0.3, 0.4) is 0 Å². The molecule has 0 atom stereocenters. The molecular formula is C13H11BrN2O. The molecule has 1 aliphatic heterocycles. The number of halogens is 1. The van der Waals surface area contributed by atoms with Gasteiger partial charge in [0.05, 0.1) is 17.8 Å². The van der Waals surface area contributed by atoms with Crippen LogP contribution >= 0.6 is 15.9 Å². The van der Waals surface area contributed by atoms with Crippen LogP contribution in [-0.2, 0) is 6.54 Å². The molecule has 0 aliphatic carbocycles. The second-order valence-corrected chi connectivity index (χ2v) is 5.06. The van der Waals surface area contributed by atoms with Gasteiger partial charge in [0.2, 0.25) is 0 Å². The van der Waals surface area contributed by atoms with Crippen molar-refractivity contribution in [3.8, 4) is 5.69 Å². The van der Waals surface area contributed by atoms with Gasteiger partial charge in [-0.15, -0.1) is 0 Å². The number of aryl methyl sites for hydroxylation is 1. The number of amides is 1. The fraction of sp³-hybridized carbons (Fsp3) is 0.154. The lowest BCUT2D eigenvalue weighted by atomic mass is 10.1. The van der Waals surface area contributed by atoms with Crippen LogP contribution in [0, 0.1) is 6.92 Å². The summed E-state index contributed by atoms with van der Waals surface area (Å²) in [4.78, 5) is 12.0. The summed E-state index contributed by atoms with van der Waals surface area (Å²) in [6, 6.07) is 9.91. The quantitative estimate of drug-likeness (QED) is 0.795. The van der Waals surface area contributed by atoms with Crippen molar-refractivity contribution in [2.24, 2.45) is 0 Å². The molecule has 86 valence electrons. The molecule has 0 saturated heterocycles. The van der Waals surface area contributed by atoms with Crippen molar-refractivity contribution in [2.45, 2.75) is 13.5 Å². The van der Waals surface area contributed by atoms with E-state index in [-0.39, 0.29) is 5.91 Å². The van der Waals surface area contributed by atoms with Crippen LogP contribution in [-0.4, -0.2) is 10.5 Å². The summed E-state index contributed by atoms with van der Waals surface area (Å²) in [5, 5.41) is 2.92. The third-order valence-electron chi connectivity index (χ3n) is 3.03. The van der Waals surface area contributed by atoms with Gasteiger partial charge in [-0.2, -0.15) is 0 Å². The highest BCUT2D eigenvalue weighted by Crippen LogP contribution is 2.26. The maximum atomic E-state index is 12.0. The average molecular weight is 291 g/mol. The largest absolute Gasteiger partial charge is 0.346 e. The zero-order valence-electron chi connectivity index (χ0n) is 9.33. The monoisotopic (exact) mass is 290 g/mol. The smallest absolute Gasteiger partial charge is 0.253 e. The number of rotatable bonds is 0. The number of aromatic nitrogens is 1. The van der Waals surface area contributed by atoms with Crippen molar-refractivity contribution in [3.63, 3.8) is 0 Å². The highest BCUT2D eigenvalue weighted by Gasteiger charge is 2.20. The average Bonchev–Trinajstić information content (AvgIpc) is 2.61. The molecule has 2 aromatic rings. The highest BCUT2D eigenvalue weighted by atomic mass is 79.9. The fourth-order valence-electron chi connectivity index (χ4n) is 2.23. The number of benzene rings is 1. The van der Waals surface area contributed by atoms with E-state index in [4.69, 9.17) is 0 Å². The van der Waals surface area contributed by atoms with Crippen LogP contribution in [0.15, 0.2) is 34.8 Å². The first-order chi connectivity index (χ1) is 8.16. The minimum atomic E-state index is -0.0237. The highest BCUT2D eigenvalue weighted by molar-refractivity contribution is 9.10. The first kappa shape index (κ1) is 10.6. The molecule has 0 saturated carbocycles. The van der Waals surface area contributed by atoms with Crippen molar-refractivity contribution < 1.29 is 4.79 Å². The van der Waals surface area contributed by atoms with Gasteiger partial charge in [-0.25, -0.2) is 0 Å². The van der Waals surface area contributed by atoms with Gasteiger partial charge in [0.25, 0.3) is 5.91 Å². The van der Waals surface area contributed by atoms with E-state index in [2.05, 4.69) is 31.9 Å². The SMILES string of the molecule is Cc1ccc2n1-c1ccc(Br)cc1C(=O)NC2. The summed E-state index contributed by atoms with van der Waals surface area (Å²) >= 11 is 3.40. The van der Waals surface area contributed by atoms with E-state index in [0.717, 1.165) is 21.5 Å². The van der Waals surface area contributed by atoms with Gasteiger partial charge < -0.3 is 9.88 Å². The second kappa shape index (κ2) is 3.74. The van der Waals surface area contributed by atoms with Crippen LogP contribution in [0.4, 0.5) is 0 Å². The van der Waals surface area contributed by atoms with Crippen LogP contribution < -0.4 is 5.32 Å². The fourth-order valence-corrected chi connectivity index (χ4v) is 2.59. The Morgan fingerprint density at radius 3 is 2.94 bits per heavy atom. The van der Waals surface area contributed by atoms with E-state index in [9.17, 15) is 4.79 Å². The number of nitrogens with zero attached hydrogens (tertiary/aromatic N) is 1. The summed E-state index contributed by atoms with van der Waals surface area (Å²) in [5.74, 6) is -0.0237. The Balaban J connectivity index is 2.34. The Bertz CT molecular complexity index is 616. The topological polar surface area (TPSA) is 34.0 Å². The maximum absolute atomic E-state index is 12.0. The summed E-state index contributed by atoms with van der Waals surface area (Å²) in [5.41, 5.74) is 3.90. The summed E-state index contributed by atoms with van der Waals surface area (Å²) in [6.07, 6.45) is 0. The Hall–Kier alpha value is -1.55. The number of carbonyl (C=O) groups excluding carboxylic acids is 1. The van der Waals surface area contributed by atoms with E-state index in [1.807, 2.05) is 31.2 Å². The van der Waals surface area contributed by atoms with Gasteiger partial charge in [0.1, 0.15) is 0 Å². The molecule has 0 spiro atoms. The van der Waals surface area contributed by atoms with Crippen LogP contribution in [0.5, 0.6) is 0 Å². The number of hydrogen-bond donors (Lipinski definition) is 1. The molecule has 0 unspecified atom stereocenters. The number of hydrogen-bond acceptors (Lipinski definition) is 1. The van der Waals surface area contributed by atoms with Gasteiger partial charge >= 0.3 is 0 Å². The van der Waals surface area contributed by atoms with E-state index >= 15 is 0 Å². The van der Waals surface area contributed by atoms with Gasteiger partial charge in [0.15, 0.2) is 0 Å². The lowest BCUT2D eigenvalue weighted by molar-refractivity contribution is 0.0952. The third kappa shape index (κ3) is 1.60. The molecule has 1 aliphatic rings. The minimum Gasteiger partial charge on any atom is -0.346 e. The van der Waals surface area contributed by atoms with E-state index < -0.39 is 0 Å². The molecule has 1 aromatic carbocycles. The van der Waals surface area contributed by atoms with Crippen molar-refractivity contribution in [2.75, 3.05) is 0 Å². The van der Waals surface area contributed by atoms with Crippen molar-refractivity contribution >= 4 is 21.8 Å². The molecule has 3 rings (SSSR count). The Morgan fingerprint density at radius 2 is 2.12 bits per heavy atom. The Labute approximate surface area is 108 Å². The Morgan fingerprint density at radius 1 is 1.29 bits per heavy atom. The maximum Gasteiger partial charge on any atom is 0.253 e. The lowest BCUT2D eigenvalue weighted by Crippen LogP contribution is -2.21. The first-order valence-electron chi connectivity index (χ1n) is 5.42. The summed E-state index contributed by atoms with van der Waals surface area (Å²) in [6.45, 7) is 2.62. The number of carbonyl (C=O) groups is 1. The van der Waals surface area contributed by atoms with Crippen LogP contribution in [0.1, 0.15) is 21.7 Å². The zero-order chi connectivity index (χ0) is 12.0. The molecule has 1 N–H and O–H groups in total. The summed E-state index contributed by atoms with van der Waals surface area (Å²) in [7, 11) is 0. The molecule has 1 aromatic heterocycles. The van der Waals surface area contributed by atoms with E-state index in [1.165, 1.54) is 0 Å². The predicted octanol–water partition coefficient (Wildman–Crippen LogP) is 2.79. The molecule has 1 amide bonds. The van der Waals surface area contributed by atoms with Gasteiger partial charge in [-0.05, 0) is 37.3 Å². The van der Waals surface area contributed by atoms with Crippen LogP contribution in [0.2, 0.25) is 0 Å². The molecule has 0 bridgehead atoms. The van der Waals surface area contributed by atoms with Gasteiger partial charge in [-0.1, -0.05) is 15.9 Å². The lowest BCUT2D eigenvalue weighted by Gasteiger charge is -2.11. The number of nitrogens with one attached hydrogen (secondary N) is 1.